The molecule has 7 nitrogen and oxygen atoms in total. The summed E-state index contributed by atoms with van der Waals surface area (Å²) in [5.74, 6) is 0.361. The quantitative estimate of drug-likeness (QED) is 0.824. The second kappa shape index (κ2) is 6.58. The Kier molecular flexibility index (Phi) is 4.66. The van der Waals surface area contributed by atoms with E-state index in [4.69, 9.17) is 4.52 Å². The van der Waals surface area contributed by atoms with Crippen LogP contribution in [0.15, 0.2) is 27.6 Å². The number of halogens is 1. The molecule has 0 saturated carbocycles. The number of hydrogen-bond acceptors (Lipinski definition) is 6. The number of benzene rings is 1. The number of hydrogen-bond donors (Lipinski definition) is 0. The van der Waals surface area contributed by atoms with E-state index in [9.17, 15) is 12.8 Å². The minimum absolute atomic E-state index is 0.259. The molecule has 1 aliphatic rings. The van der Waals surface area contributed by atoms with Gasteiger partial charge in [-0.05, 0) is 24.6 Å². The van der Waals surface area contributed by atoms with E-state index in [1.54, 1.807) is 19.9 Å². The van der Waals surface area contributed by atoms with Crippen molar-refractivity contribution in [3.05, 3.63) is 41.3 Å². The lowest BCUT2D eigenvalue weighted by atomic mass is 10.2. The number of aryl methyl sites for hydroxylation is 2. The standard InChI is InChI=1S/C15H19FN4O3S/c1-11-3-4-13(16)14(9-11)24(21,22)20-7-5-19(6-8-20)10-15-17-12(2)23-18-15/h3-4,9H,5-8,10H2,1-2H3. The molecule has 1 saturated heterocycles. The van der Waals surface area contributed by atoms with Gasteiger partial charge in [-0.1, -0.05) is 11.2 Å². The van der Waals surface area contributed by atoms with Crippen molar-refractivity contribution in [2.24, 2.45) is 0 Å². The number of sulfonamides is 1. The van der Waals surface area contributed by atoms with Gasteiger partial charge in [-0.2, -0.15) is 9.29 Å². The van der Waals surface area contributed by atoms with Crippen molar-refractivity contribution in [3.63, 3.8) is 0 Å². The second-order valence-corrected chi connectivity index (χ2v) is 7.75. The highest BCUT2D eigenvalue weighted by Crippen LogP contribution is 2.22. The molecule has 2 heterocycles. The van der Waals surface area contributed by atoms with Gasteiger partial charge in [-0.25, -0.2) is 12.8 Å². The van der Waals surface area contributed by atoms with Crippen LogP contribution in [0.2, 0.25) is 0 Å². The minimum Gasteiger partial charge on any atom is -0.340 e. The van der Waals surface area contributed by atoms with Crippen LogP contribution in [0.25, 0.3) is 0 Å². The van der Waals surface area contributed by atoms with Crippen molar-refractivity contribution < 1.29 is 17.3 Å². The molecule has 0 bridgehead atoms. The summed E-state index contributed by atoms with van der Waals surface area (Å²) in [5.41, 5.74) is 0.709. The number of rotatable bonds is 4. The number of aromatic nitrogens is 2. The van der Waals surface area contributed by atoms with Crippen molar-refractivity contribution in [3.8, 4) is 0 Å². The van der Waals surface area contributed by atoms with E-state index in [0.29, 0.717) is 50.0 Å². The first-order valence-electron chi connectivity index (χ1n) is 7.64. The summed E-state index contributed by atoms with van der Waals surface area (Å²) in [5, 5.41) is 3.84. The zero-order valence-electron chi connectivity index (χ0n) is 13.6. The van der Waals surface area contributed by atoms with Crippen LogP contribution >= 0.6 is 0 Å². The van der Waals surface area contributed by atoms with Crippen LogP contribution in [0.3, 0.4) is 0 Å². The molecule has 24 heavy (non-hydrogen) atoms. The molecule has 9 heteroatoms. The fourth-order valence-electron chi connectivity index (χ4n) is 2.68. The molecular weight excluding hydrogens is 335 g/mol. The molecule has 1 fully saturated rings. The van der Waals surface area contributed by atoms with E-state index in [0.717, 1.165) is 0 Å². The van der Waals surface area contributed by atoms with Crippen LogP contribution < -0.4 is 0 Å². The first-order chi connectivity index (χ1) is 11.4. The third-order valence-corrected chi connectivity index (χ3v) is 5.88. The zero-order chi connectivity index (χ0) is 17.3. The molecule has 130 valence electrons. The van der Waals surface area contributed by atoms with E-state index < -0.39 is 15.8 Å². The van der Waals surface area contributed by atoms with Gasteiger partial charge in [0.2, 0.25) is 15.9 Å². The van der Waals surface area contributed by atoms with E-state index in [2.05, 4.69) is 10.1 Å². The Morgan fingerprint density at radius 2 is 1.92 bits per heavy atom. The summed E-state index contributed by atoms with van der Waals surface area (Å²) in [7, 11) is -3.83. The topological polar surface area (TPSA) is 79.5 Å². The fourth-order valence-corrected chi connectivity index (χ4v) is 4.25. The van der Waals surface area contributed by atoms with E-state index >= 15 is 0 Å². The molecule has 0 N–H and O–H groups in total. The molecule has 2 aromatic rings. The maximum absolute atomic E-state index is 13.9. The summed E-state index contributed by atoms with van der Waals surface area (Å²) in [6, 6.07) is 4.12. The van der Waals surface area contributed by atoms with Gasteiger partial charge in [-0.15, -0.1) is 0 Å². The molecule has 1 aromatic heterocycles. The van der Waals surface area contributed by atoms with Gasteiger partial charge in [0.15, 0.2) is 5.82 Å². The largest absolute Gasteiger partial charge is 0.340 e. The zero-order valence-corrected chi connectivity index (χ0v) is 14.4. The van der Waals surface area contributed by atoms with E-state index in [1.165, 1.54) is 16.4 Å². The predicted octanol–water partition coefficient (Wildman–Crippen LogP) is 1.33. The third kappa shape index (κ3) is 3.47. The van der Waals surface area contributed by atoms with E-state index in [-0.39, 0.29) is 4.90 Å². The molecule has 0 spiro atoms. The van der Waals surface area contributed by atoms with Gasteiger partial charge in [0.25, 0.3) is 0 Å². The van der Waals surface area contributed by atoms with Gasteiger partial charge in [0.1, 0.15) is 10.7 Å². The van der Waals surface area contributed by atoms with Crippen LogP contribution in [0.4, 0.5) is 4.39 Å². The molecule has 0 amide bonds. The summed E-state index contributed by atoms with van der Waals surface area (Å²) in [4.78, 5) is 5.93. The van der Waals surface area contributed by atoms with Crippen molar-refractivity contribution >= 4 is 10.0 Å². The second-order valence-electron chi connectivity index (χ2n) is 5.84. The normalized spacial score (nSPS) is 17.3. The van der Waals surface area contributed by atoms with E-state index in [1.807, 2.05) is 4.90 Å². The predicted molar refractivity (Wildman–Crippen MR) is 84.2 cm³/mol. The number of nitrogens with zero attached hydrogens (tertiary/aromatic N) is 4. The van der Waals surface area contributed by atoms with Crippen LogP contribution in [-0.4, -0.2) is 53.9 Å². The Balaban J connectivity index is 1.68. The summed E-state index contributed by atoms with van der Waals surface area (Å²) in [6.45, 7) is 5.62. The minimum atomic E-state index is -3.83. The Morgan fingerprint density at radius 1 is 1.21 bits per heavy atom. The first kappa shape index (κ1) is 17.0. The molecule has 0 atom stereocenters. The lowest BCUT2D eigenvalue weighted by Crippen LogP contribution is -2.48. The van der Waals surface area contributed by atoms with Gasteiger partial charge in [0.05, 0.1) is 6.54 Å². The molecule has 0 unspecified atom stereocenters. The lowest BCUT2D eigenvalue weighted by Gasteiger charge is -2.33. The average Bonchev–Trinajstić information content (AvgIpc) is 2.95. The molecule has 1 aromatic carbocycles. The van der Waals surface area contributed by atoms with Crippen molar-refractivity contribution in [2.75, 3.05) is 26.2 Å². The van der Waals surface area contributed by atoms with Crippen molar-refractivity contribution in [1.82, 2.24) is 19.3 Å². The Hall–Kier alpha value is -1.84. The van der Waals surface area contributed by atoms with Crippen LogP contribution in [-0.2, 0) is 16.6 Å². The molecule has 3 rings (SSSR count). The Morgan fingerprint density at radius 3 is 2.54 bits per heavy atom. The SMILES string of the molecule is Cc1ccc(F)c(S(=O)(=O)N2CCN(Cc3noc(C)n3)CC2)c1. The fraction of sp³-hybridized carbons (Fsp3) is 0.467. The number of piperazine rings is 1. The van der Waals surface area contributed by atoms with Gasteiger partial charge < -0.3 is 4.52 Å². The smallest absolute Gasteiger partial charge is 0.246 e. The maximum atomic E-state index is 13.9. The first-order valence-corrected chi connectivity index (χ1v) is 9.08. The van der Waals surface area contributed by atoms with Crippen LogP contribution in [0.1, 0.15) is 17.3 Å². The van der Waals surface area contributed by atoms with Crippen LogP contribution in [0, 0.1) is 19.7 Å². The van der Waals surface area contributed by atoms with Gasteiger partial charge >= 0.3 is 0 Å². The summed E-state index contributed by atoms with van der Waals surface area (Å²) in [6.07, 6.45) is 0. The monoisotopic (exact) mass is 354 g/mol. The lowest BCUT2D eigenvalue weighted by molar-refractivity contribution is 0.176. The average molecular weight is 354 g/mol. The third-order valence-electron chi connectivity index (χ3n) is 3.97. The highest BCUT2D eigenvalue weighted by Gasteiger charge is 2.31. The van der Waals surface area contributed by atoms with Gasteiger partial charge in [-0.3, -0.25) is 4.90 Å². The molecule has 0 radical (unpaired) electrons. The molecule has 1 aliphatic heterocycles. The summed E-state index contributed by atoms with van der Waals surface area (Å²) >= 11 is 0. The van der Waals surface area contributed by atoms with Crippen molar-refractivity contribution in [1.29, 1.82) is 0 Å². The highest BCUT2D eigenvalue weighted by molar-refractivity contribution is 7.89. The Labute approximate surface area is 140 Å². The molecule has 0 aliphatic carbocycles. The van der Waals surface area contributed by atoms with Crippen LogP contribution in [0.5, 0.6) is 0 Å². The Bertz CT molecular complexity index is 829. The highest BCUT2D eigenvalue weighted by atomic mass is 32.2. The maximum Gasteiger partial charge on any atom is 0.246 e. The summed E-state index contributed by atoms with van der Waals surface area (Å²) < 4.78 is 45.5. The van der Waals surface area contributed by atoms with Crippen molar-refractivity contribution in [2.45, 2.75) is 25.3 Å². The molecular formula is C15H19FN4O3S. The van der Waals surface area contributed by atoms with Gasteiger partial charge in [0, 0.05) is 33.1 Å².